The molecule has 2 rings (SSSR count). The second-order valence-corrected chi connectivity index (χ2v) is 4.10. The molecule has 0 bridgehead atoms. The number of rotatable bonds is 3. The van der Waals surface area contributed by atoms with Crippen LogP contribution in [0.25, 0.3) is 0 Å². The Kier molecular flexibility index (Phi) is 3.22. The van der Waals surface area contributed by atoms with E-state index in [-0.39, 0.29) is 11.5 Å². The first kappa shape index (κ1) is 10.7. The minimum Gasteiger partial charge on any atom is -0.504 e. The fourth-order valence-electron chi connectivity index (χ4n) is 1.19. The minimum absolute atomic E-state index is 0.115. The zero-order valence-electron chi connectivity index (χ0n) is 8.42. The average Bonchev–Trinajstić information content (AvgIpc) is 2.32. The summed E-state index contributed by atoms with van der Waals surface area (Å²) in [6.45, 7) is 0. The average molecular weight is 233 g/mol. The van der Waals surface area contributed by atoms with Crippen LogP contribution in [-0.4, -0.2) is 10.2 Å². The molecule has 0 aliphatic carbocycles. The molecule has 3 nitrogen and oxygen atoms in total. The van der Waals surface area contributed by atoms with E-state index in [4.69, 9.17) is 5.11 Å². The van der Waals surface area contributed by atoms with Crippen molar-refractivity contribution in [2.45, 2.75) is 4.90 Å². The van der Waals surface area contributed by atoms with Gasteiger partial charge in [-0.1, -0.05) is 18.2 Å². The highest BCUT2D eigenvalue weighted by atomic mass is 32.2. The topological polar surface area (TPSA) is 52.5 Å². The highest BCUT2D eigenvalue weighted by Gasteiger charge is 2.00. The summed E-state index contributed by atoms with van der Waals surface area (Å²) in [5, 5.41) is 18.4. The van der Waals surface area contributed by atoms with Crippen LogP contribution in [0.15, 0.2) is 53.4 Å². The fraction of sp³-hybridized carbons (Fsp3) is 0. The zero-order chi connectivity index (χ0) is 11.4. The molecular formula is C12H11NO2S. The Morgan fingerprint density at radius 2 is 1.62 bits per heavy atom. The van der Waals surface area contributed by atoms with Crippen LogP contribution in [0, 0.1) is 0 Å². The van der Waals surface area contributed by atoms with Crippen LogP contribution in [0.4, 0.5) is 5.69 Å². The molecule has 2 aromatic rings. The Morgan fingerprint density at radius 3 is 2.31 bits per heavy atom. The van der Waals surface area contributed by atoms with Crippen molar-refractivity contribution < 1.29 is 10.2 Å². The molecule has 0 amide bonds. The largest absolute Gasteiger partial charge is 0.504 e. The molecule has 0 unspecified atom stereocenters. The third-order valence-corrected chi connectivity index (χ3v) is 2.85. The fourth-order valence-corrected chi connectivity index (χ4v) is 1.85. The molecule has 0 aliphatic heterocycles. The maximum absolute atomic E-state index is 9.30. The Balaban J connectivity index is 2.03. The molecule has 3 N–H and O–H groups in total. The van der Waals surface area contributed by atoms with Crippen molar-refractivity contribution in [2.24, 2.45) is 0 Å². The summed E-state index contributed by atoms with van der Waals surface area (Å²) >= 11 is 1.45. The second-order valence-electron chi connectivity index (χ2n) is 3.22. The number of phenolic OH excluding ortho intramolecular Hbond substituents is 2. The molecule has 0 aromatic heterocycles. The molecule has 0 heterocycles. The van der Waals surface area contributed by atoms with Crippen molar-refractivity contribution in [3.05, 3.63) is 48.5 Å². The predicted octanol–water partition coefficient (Wildman–Crippen LogP) is 3.22. The maximum Gasteiger partial charge on any atom is 0.159 e. The quantitative estimate of drug-likeness (QED) is 0.433. The summed E-state index contributed by atoms with van der Waals surface area (Å²) < 4.78 is 3.07. The Labute approximate surface area is 97.9 Å². The zero-order valence-corrected chi connectivity index (χ0v) is 9.24. The van der Waals surface area contributed by atoms with E-state index in [1.165, 1.54) is 24.1 Å². The number of hydrogen-bond donors (Lipinski definition) is 3. The maximum atomic E-state index is 9.30. The van der Waals surface area contributed by atoms with E-state index < -0.39 is 0 Å². The summed E-state index contributed by atoms with van der Waals surface area (Å²) in [7, 11) is 0. The third kappa shape index (κ3) is 2.61. The Morgan fingerprint density at radius 1 is 0.875 bits per heavy atom. The molecule has 0 spiro atoms. The monoisotopic (exact) mass is 233 g/mol. The van der Waals surface area contributed by atoms with Gasteiger partial charge in [0.25, 0.3) is 0 Å². The number of hydrogen-bond acceptors (Lipinski definition) is 4. The smallest absolute Gasteiger partial charge is 0.159 e. The highest BCUT2D eigenvalue weighted by molar-refractivity contribution is 8.00. The van der Waals surface area contributed by atoms with Crippen molar-refractivity contribution in [1.82, 2.24) is 0 Å². The van der Waals surface area contributed by atoms with Gasteiger partial charge >= 0.3 is 0 Å². The number of benzene rings is 2. The van der Waals surface area contributed by atoms with Crippen molar-refractivity contribution in [3.8, 4) is 11.5 Å². The minimum atomic E-state index is -0.126. The molecular weight excluding hydrogens is 222 g/mol. The highest BCUT2D eigenvalue weighted by Crippen LogP contribution is 2.29. The van der Waals surface area contributed by atoms with Crippen LogP contribution in [0.5, 0.6) is 11.5 Å². The van der Waals surface area contributed by atoms with Crippen molar-refractivity contribution in [1.29, 1.82) is 0 Å². The van der Waals surface area contributed by atoms with Crippen LogP contribution in [0.1, 0.15) is 0 Å². The second kappa shape index (κ2) is 4.81. The van der Waals surface area contributed by atoms with Gasteiger partial charge in [0.1, 0.15) is 0 Å². The van der Waals surface area contributed by atoms with Crippen molar-refractivity contribution in [3.63, 3.8) is 0 Å². The molecule has 0 saturated heterocycles. The third-order valence-electron chi connectivity index (χ3n) is 2.01. The van der Waals surface area contributed by atoms with E-state index in [0.717, 1.165) is 10.6 Å². The van der Waals surface area contributed by atoms with Crippen LogP contribution in [-0.2, 0) is 0 Å². The summed E-state index contributed by atoms with van der Waals surface area (Å²) in [5.41, 5.74) is 0.740. The van der Waals surface area contributed by atoms with Crippen LogP contribution < -0.4 is 4.72 Å². The van der Waals surface area contributed by atoms with Crippen LogP contribution >= 0.6 is 11.9 Å². The van der Waals surface area contributed by atoms with Gasteiger partial charge in [-0.25, -0.2) is 0 Å². The van der Waals surface area contributed by atoms with Gasteiger partial charge in [0.2, 0.25) is 0 Å². The Bertz CT molecular complexity index is 474. The molecule has 2 aromatic carbocycles. The van der Waals surface area contributed by atoms with Crippen molar-refractivity contribution in [2.75, 3.05) is 4.72 Å². The van der Waals surface area contributed by atoms with Crippen LogP contribution in [0.3, 0.4) is 0 Å². The molecule has 0 fully saturated rings. The molecule has 82 valence electrons. The van der Waals surface area contributed by atoms with Gasteiger partial charge in [-0.2, -0.15) is 0 Å². The lowest BCUT2D eigenvalue weighted by Gasteiger charge is -2.06. The predicted molar refractivity (Wildman–Crippen MR) is 65.7 cm³/mol. The van der Waals surface area contributed by atoms with E-state index in [1.807, 2.05) is 30.3 Å². The van der Waals surface area contributed by atoms with E-state index in [9.17, 15) is 5.11 Å². The molecule has 0 saturated carbocycles. The van der Waals surface area contributed by atoms with Crippen molar-refractivity contribution >= 4 is 17.6 Å². The lowest BCUT2D eigenvalue weighted by atomic mass is 10.3. The summed E-state index contributed by atoms with van der Waals surface area (Å²) in [6, 6.07) is 14.5. The lowest BCUT2D eigenvalue weighted by Crippen LogP contribution is -1.85. The molecule has 0 radical (unpaired) electrons. The van der Waals surface area contributed by atoms with E-state index in [2.05, 4.69) is 4.72 Å². The number of nitrogens with one attached hydrogen (secondary N) is 1. The summed E-state index contributed by atoms with van der Waals surface area (Å²) in [4.78, 5) is 1.08. The van der Waals surface area contributed by atoms with Gasteiger partial charge in [0.05, 0.1) is 0 Å². The van der Waals surface area contributed by atoms with Gasteiger partial charge in [-0.15, -0.1) is 0 Å². The summed E-state index contributed by atoms with van der Waals surface area (Å²) in [5.74, 6) is -0.242. The van der Waals surface area contributed by atoms with Gasteiger partial charge in [0, 0.05) is 16.6 Å². The summed E-state index contributed by atoms with van der Waals surface area (Å²) in [6.07, 6.45) is 0. The standard InChI is InChI=1S/C12H11NO2S/c14-11-7-6-9(8-12(11)15)13-16-10-4-2-1-3-5-10/h1-8,13-15H. The van der Waals surface area contributed by atoms with E-state index in [0.29, 0.717) is 0 Å². The van der Waals surface area contributed by atoms with Crippen LogP contribution in [0.2, 0.25) is 0 Å². The van der Waals surface area contributed by atoms with Gasteiger partial charge < -0.3 is 14.9 Å². The molecule has 4 heteroatoms. The number of anilines is 1. The van der Waals surface area contributed by atoms with Gasteiger partial charge in [0.15, 0.2) is 11.5 Å². The molecule has 16 heavy (non-hydrogen) atoms. The SMILES string of the molecule is Oc1ccc(NSc2ccccc2)cc1O. The normalized spacial score (nSPS) is 10.0. The Hall–Kier alpha value is -1.81. The molecule has 0 atom stereocenters. The molecule has 0 aliphatic rings. The number of phenols is 2. The first-order chi connectivity index (χ1) is 7.75. The lowest BCUT2D eigenvalue weighted by molar-refractivity contribution is 0.404. The van der Waals surface area contributed by atoms with E-state index in [1.54, 1.807) is 6.07 Å². The van der Waals surface area contributed by atoms with E-state index >= 15 is 0 Å². The van der Waals surface area contributed by atoms with Gasteiger partial charge in [-0.05, 0) is 36.2 Å². The van der Waals surface area contributed by atoms with Gasteiger partial charge in [-0.3, -0.25) is 0 Å². The number of aromatic hydroxyl groups is 2. The first-order valence-corrected chi connectivity index (χ1v) is 5.57. The first-order valence-electron chi connectivity index (χ1n) is 4.75.